The minimum absolute atomic E-state index is 0.0106. The second-order valence-electron chi connectivity index (χ2n) is 6.32. The first-order chi connectivity index (χ1) is 10.9. The molecule has 1 aromatic carbocycles. The Morgan fingerprint density at radius 1 is 1.17 bits per heavy atom. The quantitative estimate of drug-likeness (QED) is 0.779. The average molecular weight is 326 g/mol. The third-order valence-corrected chi connectivity index (χ3v) is 4.39. The van der Waals surface area contributed by atoms with E-state index in [4.69, 9.17) is 0 Å². The monoisotopic (exact) mass is 326 g/mol. The van der Waals surface area contributed by atoms with E-state index in [9.17, 15) is 18.7 Å². The van der Waals surface area contributed by atoms with Crippen molar-refractivity contribution in [1.82, 2.24) is 10.6 Å². The van der Waals surface area contributed by atoms with Crippen LogP contribution in [-0.2, 0) is 4.79 Å². The first-order valence-corrected chi connectivity index (χ1v) is 8.03. The smallest absolute Gasteiger partial charge is 0.217 e. The van der Waals surface area contributed by atoms with Crippen LogP contribution in [0.5, 0.6) is 0 Å². The second kappa shape index (κ2) is 7.84. The van der Waals surface area contributed by atoms with Gasteiger partial charge in [-0.2, -0.15) is 0 Å². The highest BCUT2D eigenvalue weighted by Crippen LogP contribution is 2.23. The van der Waals surface area contributed by atoms with Crippen molar-refractivity contribution in [2.75, 3.05) is 0 Å². The fraction of sp³-hybridized carbons (Fsp3) is 0.588. The standard InChI is InChI=1S/C17H24F2N2O2/c1-10(17(23)12-3-8-15(18)16(19)9-12)20-13-4-6-14(7-5-13)21-11(2)22/h3,8-10,13-14,17,20,23H,4-7H2,1-2H3,(H,21,22)/t10-,13?,14?,17-/m0/s1. The van der Waals surface area contributed by atoms with E-state index < -0.39 is 17.7 Å². The minimum atomic E-state index is -0.954. The fourth-order valence-corrected chi connectivity index (χ4v) is 3.14. The van der Waals surface area contributed by atoms with Gasteiger partial charge < -0.3 is 15.7 Å². The van der Waals surface area contributed by atoms with Crippen molar-refractivity contribution in [3.63, 3.8) is 0 Å². The fourth-order valence-electron chi connectivity index (χ4n) is 3.14. The Kier molecular flexibility index (Phi) is 6.07. The van der Waals surface area contributed by atoms with Gasteiger partial charge in [0.15, 0.2) is 11.6 Å². The molecule has 0 radical (unpaired) electrons. The Hall–Kier alpha value is -1.53. The number of nitrogens with one attached hydrogen (secondary N) is 2. The van der Waals surface area contributed by atoms with Crippen LogP contribution in [0.3, 0.4) is 0 Å². The van der Waals surface area contributed by atoms with Crippen molar-refractivity contribution < 1.29 is 18.7 Å². The lowest BCUT2D eigenvalue weighted by Crippen LogP contribution is -2.45. The molecular weight excluding hydrogens is 302 g/mol. The molecular formula is C17H24F2N2O2. The molecule has 3 N–H and O–H groups in total. The van der Waals surface area contributed by atoms with E-state index in [0.29, 0.717) is 5.56 Å². The molecule has 6 heteroatoms. The molecule has 0 aromatic heterocycles. The number of carbonyl (C=O) groups excluding carboxylic acids is 1. The molecule has 0 unspecified atom stereocenters. The zero-order valence-electron chi connectivity index (χ0n) is 13.5. The number of aliphatic hydroxyl groups is 1. The number of benzene rings is 1. The maximum absolute atomic E-state index is 13.3. The molecule has 2 rings (SSSR count). The molecule has 0 spiro atoms. The highest BCUT2D eigenvalue weighted by atomic mass is 19.2. The van der Waals surface area contributed by atoms with Crippen LogP contribution in [-0.4, -0.2) is 29.1 Å². The van der Waals surface area contributed by atoms with Gasteiger partial charge in [-0.15, -0.1) is 0 Å². The molecule has 1 aliphatic carbocycles. The number of hydrogen-bond acceptors (Lipinski definition) is 3. The summed E-state index contributed by atoms with van der Waals surface area (Å²) in [6.45, 7) is 3.34. The van der Waals surface area contributed by atoms with Gasteiger partial charge >= 0.3 is 0 Å². The van der Waals surface area contributed by atoms with Crippen molar-refractivity contribution in [3.8, 4) is 0 Å². The lowest BCUT2D eigenvalue weighted by molar-refractivity contribution is -0.119. The van der Waals surface area contributed by atoms with Gasteiger partial charge in [0.2, 0.25) is 5.91 Å². The van der Waals surface area contributed by atoms with Gasteiger partial charge in [0, 0.05) is 25.0 Å². The Morgan fingerprint density at radius 2 is 1.78 bits per heavy atom. The molecule has 0 bridgehead atoms. The third kappa shape index (κ3) is 4.97. The second-order valence-corrected chi connectivity index (χ2v) is 6.32. The van der Waals surface area contributed by atoms with E-state index in [-0.39, 0.29) is 24.0 Å². The maximum atomic E-state index is 13.3. The van der Waals surface area contributed by atoms with Gasteiger partial charge in [-0.3, -0.25) is 4.79 Å². The summed E-state index contributed by atoms with van der Waals surface area (Å²) in [7, 11) is 0. The predicted octanol–water partition coefficient (Wildman–Crippen LogP) is 2.42. The molecule has 128 valence electrons. The molecule has 1 amide bonds. The molecule has 4 nitrogen and oxygen atoms in total. The number of rotatable bonds is 5. The van der Waals surface area contributed by atoms with Crippen LogP contribution in [0.25, 0.3) is 0 Å². The van der Waals surface area contributed by atoms with Crippen LogP contribution in [0, 0.1) is 11.6 Å². The normalized spacial score (nSPS) is 24.0. The SMILES string of the molecule is CC(=O)NC1CCC(N[C@@H](C)[C@H](O)c2ccc(F)c(F)c2)CC1. The highest BCUT2D eigenvalue weighted by Gasteiger charge is 2.25. The van der Waals surface area contributed by atoms with Crippen LogP contribution >= 0.6 is 0 Å². The summed E-state index contributed by atoms with van der Waals surface area (Å²) < 4.78 is 26.2. The lowest BCUT2D eigenvalue weighted by atomic mass is 9.90. The summed E-state index contributed by atoms with van der Waals surface area (Å²) in [5, 5.41) is 16.6. The van der Waals surface area contributed by atoms with Crippen molar-refractivity contribution >= 4 is 5.91 Å². The summed E-state index contributed by atoms with van der Waals surface area (Å²) in [6, 6.07) is 3.65. The minimum Gasteiger partial charge on any atom is -0.387 e. The van der Waals surface area contributed by atoms with Gasteiger partial charge in [0.05, 0.1) is 6.10 Å². The molecule has 0 aliphatic heterocycles. The summed E-state index contributed by atoms with van der Waals surface area (Å²) in [5.41, 5.74) is 0.357. The van der Waals surface area contributed by atoms with Gasteiger partial charge in [-0.05, 0) is 50.3 Å². The Bertz CT molecular complexity index is 545. The summed E-state index contributed by atoms with van der Waals surface area (Å²) in [5.74, 6) is -1.88. The number of halogens is 2. The Labute approximate surface area is 135 Å². The molecule has 0 heterocycles. The topological polar surface area (TPSA) is 61.4 Å². The molecule has 0 saturated heterocycles. The van der Waals surface area contributed by atoms with Crippen molar-refractivity contribution in [2.24, 2.45) is 0 Å². The van der Waals surface area contributed by atoms with Crippen LogP contribution in [0.15, 0.2) is 18.2 Å². The average Bonchev–Trinajstić information content (AvgIpc) is 2.50. The van der Waals surface area contributed by atoms with E-state index in [2.05, 4.69) is 10.6 Å². The lowest BCUT2D eigenvalue weighted by Gasteiger charge is -2.33. The van der Waals surface area contributed by atoms with Gasteiger partial charge in [0.25, 0.3) is 0 Å². The van der Waals surface area contributed by atoms with Crippen molar-refractivity contribution in [2.45, 2.75) is 63.8 Å². The summed E-state index contributed by atoms with van der Waals surface area (Å²) in [4.78, 5) is 11.1. The van der Waals surface area contributed by atoms with Crippen molar-refractivity contribution in [3.05, 3.63) is 35.4 Å². The highest BCUT2D eigenvalue weighted by molar-refractivity contribution is 5.73. The Morgan fingerprint density at radius 3 is 2.35 bits per heavy atom. The maximum Gasteiger partial charge on any atom is 0.217 e. The van der Waals surface area contributed by atoms with Crippen LogP contribution in [0.4, 0.5) is 8.78 Å². The number of carbonyl (C=O) groups is 1. The molecule has 23 heavy (non-hydrogen) atoms. The number of aliphatic hydroxyl groups excluding tert-OH is 1. The van der Waals surface area contributed by atoms with E-state index in [1.807, 2.05) is 6.92 Å². The molecule has 2 atom stereocenters. The van der Waals surface area contributed by atoms with Crippen LogP contribution < -0.4 is 10.6 Å². The van der Waals surface area contributed by atoms with E-state index in [1.54, 1.807) is 0 Å². The molecule has 1 saturated carbocycles. The molecule has 1 aliphatic rings. The molecule has 1 fully saturated rings. The largest absolute Gasteiger partial charge is 0.387 e. The number of amides is 1. The zero-order chi connectivity index (χ0) is 17.0. The van der Waals surface area contributed by atoms with E-state index >= 15 is 0 Å². The Balaban J connectivity index is 1.85. The number of hydrogen-bond donors (Lipinski definition) is 3. The summed E-state index contributed by atoms with van der Waals surface area (Å²) >= 11 is 0. The van der Waals surface area contributed by atoms with Crippen LogP contribution in [0.1, 0.15) is 51.2 Å². The van der Waals surface area contributed by atoms with E-state index in [0.717, 1.165) is 37.8 Å². The van der Waals surface area contributed by atoms with E-state index in [1.165, 1.54) is 13.0 Å². The third-order valence-electron chi connectivity index (χ3n) is 4.39. The van der Waals surface area contributed by atoms with Crippen LogP contribution in [0.2, 0.25) is 0 Å². The summed E-state index contributed by atoms with van der Waals surface area (Å²) in [6.07, 6.45) is 2.69. The van der Waals surface area contributed by atoms with Gasteiger partial charge in [0.1, 0.15) is 0 Å². The zero-order valence-corrected chi connectivity index (χ0v) is 13.5. The molecule has 1 aromatic rings. The van der Waals surface area contributed by atoms with Gasteiger partial charge in [-0.25, -0.2) is 8.78 Å². The van der Waals surface area contributed by atoms with Crippen molar-refractivity contribution in [1.29, 1.82) is 0 Å². The first-order valence-electron chi connectivity index (χ1n) is 8.03. The predicted molar refractivity (Wildman–Crippen MR) is 83.8 cm³/mol. The first kappa shape index (κ1) is 17.8. The van der Waals surface area contributed by atoms with Gasteiger partial charge in [-0.1, -0.05) is 6.07 Å².